The highest BCUT2D eigenvalue weighted by Gasteiger charge is 2.29. The Morgan fingerprint density at radius 1 is 0.920 bits per heavy atom. The van der Waals surface area contributed by atoms with Crippen molar-refractivity contribution in [3.63, 3.8) is 0 Å². The maximum absolute atomic E-state index is 13.7. The second-order valence-electron chi connectivity index (χ2n) is 6.01. The van der Waals surface area contributed by atoms with E-state index in [9.17, 15) is 4.39 Å². The van der Waals surface area contributed by atoms with E-state index in [1.165, 1.54) is 17.7 Å². The third-order valence-electron chi connectivity index (χ3n) is 4.34. The lowest BCUT2D eigenvalue weighted by Gasteiger charge is -2.24. The number of hydrogen-bond donors (Lipinski definition) is 0. The van der Waals surface area contributed by atoms with Crippen molar-refractivity contribution in [3.05, 3.63) is 100 Å². The molecule has 2 nitrogen and oxygen atoms in total. The fourth-order valence-corrected chi connectivity index (χ4v) is 3.38. The van der Waals surface area contributed by atoms with Crippen LogP contribution in [0.1, 0.15) is 23.6 Å². The zero-order chi connectivity index (χ0) is 17.2. The molecule has 0 aromatic heterocycles. The molecule has 0 N–H and O–H groups in total. The summed E-state index contributed by atoms with van der Waals surface area (Å²) in [6, 6.07) is 25.0. The molecule has 1 heterocycles. The van der Waals surface area contributed by atoms with Crippen molar-refractivity contribution in [2.75, 3.05) is 5.01 Å². The predicted molar refractivity (Wildman–Crippen MR) is 103 cm³/mol. The first-order valence-corrected chi connectivity index (χ1v) is 8.93. The van der Waals surface area contributed by atoms with Crippen molar-refractivity contribution >= 4 is 27.3 Å². The molecule has 0 aliphatic carbocycles. The van der Waals surface area contributed by atoms with E-state index < -0.39 is 0 Å². The predicted octanol–water partition coefficient (Wildman–Crippen LogP) is 5.94. The molecule has 3 aromatic rings. The summed E-state index contributed by atoms with van der Waals surface area (Å²) in [5.74, 6) is -0.253. The summed E-state index contributed by atoms with van der Waals surface area (Å²) in [5, 5.41) is 6.75. The molecule has 124 valence electrons. The summed E-state index contributed by atoms with van der Waals surface area (Å²) in [4.78, 5) is 0. The molecule has 0 fully saturated rings. The number of anilines is 1. The quantitative estimate of drug-likeness (QED) is 0.536. The molecule has 4 rings (SSSR count). The molecule has 1 atom stereocenters. The van der Waals surface area contributed by atoms with Crippen molar-refractivity contribution in [3.8, 4) is 0 Å². The van der Waals surface area contributed by atoms with Crippen LogP contribution in [0.15, 0.2) is 88.4 Å². The molecular weight excluding hydrogens is 379 g/mol. The minimum absolute atomic E-state index is 0.0571. The van der Waals surface area contributed by atoms with E-state index in [2.05, 4.69) is 40.2 Å². The van der Waals surface area contributed by atoms with Gasteiger partial charge in [0.2, 0.25) is 0 Å². The summed E-state index contributed by atoms with van der Waals surface area (Å²) in [6.45, 7) is 0. The van der Waals surface area contributed by atoms with Gasteiger partial charge in [-0.2, -0.15) is 5.10 Å². The standard InChI is InChI=1S/C21H16BrFN2/c22-17-11-9-15(10-12-17)20-14-21(16-5-2-1-3-6-16)25(24-20)19-8-4-7-18(23)13-19/h1-13,21H,14H2/t21-/m1/s1. The first-order valence-electron chi connectivity index (χ1n) is 8.14. The number of rotatable bonds is 3. The number of nitrogens with zero attached hydrogens (tertiary/aromatic N) is 2. The largest absolute Gasteiger partial charge is 0.257 e. The number of benzene rings is 3. The third kappa shape index (κ3) is 3.35. The molecule has 0 amide bonds. The molecule has 1 aliphatic heterocycles. The van der Waals surface area contributed by atoms with E-state index in [0.717, 1.165) is 27.9 Å². The molecule has 3 aromatic carbocycles. The fourth-order valence-electron chi connectivity index (χ4n) is 3.12. The smallest absolute Gasteiger partial charge is 0.125 e. The van der Waals surface area contributed by atoms with Gasteiger partial charge in [-0.3, -0.25) is 5.01 Å². The Kier molecular flexibility index (Phi) is 4.36. The van der Waals surface area contributed by atoms with Crippen LogP contribution in [0.3, 0.4) is 0 Å². The molecule has 0 spiro atoms. The number of hydrazone groups is 1. The molecule has 0 radical (unpaired) electrons. The summed E-state index contributed by atoms with van der Waals surface area (Å²) < 4.78 is 14.8. The Bertz CT molecular complexity index is 907. The molecule has 4 heteroatoms. The van der Waals surface area contributed by atoms with Crippen LogP contribution in [0.2, 0.25) is 0 Å². The lowest BCUT2D eigenvalue weighted by atomic mass is 9.98. The monoisotopic (exact) mass is 394 g/mol. The van der Waals surface area contributed by atoms with Crippen molar-refractivity contribution < 1.29 is 4.39 Å². The Hall–Kier alpha value is -2.46. The first kappa shape index (κ1) is 16.0. The van der Waals surface area contributed by atoms with E-state index in [-0.39, 0.29) is 11.9 Å². The first-order chi connectivity index (χ1) is 12.2. The highest BCUT2D eigenvalue weighted by atomic mass is 79.9. The van der Waals surface area contributed by atoms with E-state index >= 15 is 0 Å². The topological polar surface area (TPSA) is 15.6 Å². The van der Waals surface area contributed by atoms with E-state index in [1.54, 1.807) is 6.07 Å². The minimum Gasteiger partial charge on any atom is -0.257 e. The summed E-state index contributed by atoms with van der Waals surface area (Å²) in [6.07, 6.45) is 0.780. The van der Waals surface area contributed by atoms with Crippen LogP contribution < -0.4 is 5.01 Å². The highest BCUT2D eigenvalue weighted by Crippen LogP contribution is 2.36. The average Bonchev–Trinajstić information content (AvgIpc) is 3.08. The third-order valence-corrected chi connectivity index (χ3v) is 4.87. The van der Waals surface area contributed by atoms with E-state index in [4.69, 9.17) is 5.10 Å². The highest BCUT2D eigenvalue weighted by molar-refractivity contribution is 9.10. The zero-order valence-corrected chi connectivity index (χ0v) is 15.0. The van der Waals surface area contributed by atoms with Crippen LogP contribution in [0, 0.1) is 5.82 Å². The Balaban J connectivity index is 1.76. The molecule has 1 aliphatic rings. The van der Waals surface area contributed by atoms with Gasteiger partial charge in [0.15, 0.2) is 0 Å². The molecule has 25 heavy (non-hydrogen) atoms. The van der Waals surface area contributed by atoms with Gasteiger partial charge >= 0.3 is 0 Å². The van der Waals surface area contributed by atoms with Gasteiger partial charge in [-0.1, -0.05) is 64.5 Å². The molecule has 0 saturated carbocycles. The van der Waals surface area contributed by atoms with Gasteiger partial charge in [0.05, 0.1) is 17.4 Å². The molecule has 0 bridgehead atoms. The Morgan fingerprint density at radius 2 is 1.68 bits per heavy atom. The van der Waals surface area contributed by atoms with E-state index in [1.807, 2.05) is 41.4 Å². The van der Waals surface area contributed by atoms with Crippen LogP contribution in [0.5, 0.6) is 0 Å². The lowest BCUT2D eigenvalue weighted by Crippen LogP contribution is -2.18. The summed E-state index contributed by atoms with van der Waals surface area (Å²) >= 11 is 3.47. The Labute approximate surface area is 154 Å². The molecule has 0 saturated heterocycles. The van der Waals surface area contributed by atoms with Gasteiger partial charge in [0.25, 0.3) is 0 Å². The average molecular weight is 395 g/mol. The Morgan fingerprint density at radius 3 is 2.40 bits per heavy atom. The fraction of sp³-hybridized carbons (Fsp3) is 0.0952. The SMILES string of the molecule is Fc1cccc(N2N=C(c3ccc(Br)cc3)C[C@@H]2c2ccccc2)c1. The van der Waals surface area contributed by atoms with Crippen LogP contribution in [0.4, 0.5) is 10.1 Å². The second kappa shape index (κ2) is 6.81. The van der Waals surface area contributed by atoms with E-state index in [0.29, 0.717) is 0 Å². The van der Waals surface area contributed by atoms with Crippen LogP contribution in [0.25, 0.3) is 0 Å². The second-order valence-corrected chi connectivity index (χ2v) is 6.92. The molecule has 0 unspecified atom stereocenters. The van der Waals surface area contributed by atoms with Gasteiger partial charge in [0.1, 0.15) is 5.82 Å². The van der Waals surface area contributed by atoms with Gasteiger partial charge in [0, 0.05) is 10.9 Å². The lowest BCUT2D eigenvalue weighted by molar-refractivity contribution is 0.624. The summed E-state index contributed by atoms with van der Waals surface area (Å²) in [7, 11) is 0. The van der Waals surface area contributed by atoms with Crippen LogP contribution in [-0.4, -0.2) is 5.71 Å². The summed E-state index contributed by atoms with van der Waals surface area (Å²) in [5.41, 5.74) is 4.03. The van der Waals surface area contributed by atoms with Crippen molar-refractivity contribution in [1.29, 1.82) is 0 Å². The molecular formula is C21H16BrFN2. The van der Waals surface area contributed by atoms with Gasteiger partial charge in [-0.25, -0.2) is 4.39 Å². The maximum Gasteiger partial charge on any atom is 0.125 e. The van der Waals surface area contributed by atoms with Crippen molar-refractivity contribution in [1.82, 2.24) is 0 Å². The zero-order valence-electron chi connectivity index (χ0n) is 13.4. The van der Waals surface area contributed by atoms with Gasteiger partial charge in [-0.05, 0) is 41.5 Å². The number of hydrogen-bond acceptors (Lipinski definition) is 2. The van der Waals surface area contributed by atoms with Gasteiger partial charge in [-0.15, -0.1) is 0 Å². The maximum atomic E-state index is 13.7. The van der Waals surface area contributed by atoms with Crippen LogP contribution in [-0.2, 0) is 0 Å². The van der Waals surface area contributed by atoms with Crippen molar-refractivity contribution in [2.24, 2.45) is 5.10 Å². The van der Waals surface area contributed by atoms with Crippen molar-refractivity contribution in [2.45, 2.75) is 12.5 Å². The van der Waals surface area contributed by atoms with Crippen LogP contribution >= 0.6 is 15.9 Å². The number of halogens is 2. The normalized spacial score (nSPS) is 16.8. The van der Waals surface area contributed by atoms with Gasteiger partial charge < -0.3 is 0 Å². The minimum atomic E-state index is -0.253.